The number of alkyl halides is 3. The van der Waals surface area contributed by atoms with Gasteiger partial charge >= 0.3 is 5.97 Å². The summed E-state index contributed by atoms with van der Waals surface area (Å²) < 4.78 is 9.17. The molecule has 2 aliphatic heterocycles. The normalized spacial score (nSPS) is 22.1. The van der Waals surface area contributed by atoms with Gasteiger partial charge in [-0.3, -0.25) is 14.9 Å². The summed E-state index contributed by atoms with van der Waals surface area (Å²) in [5.74, 6) is 0.291. The van der Waals surface area contributed by atoms with Gasteiger partial charge in [0.05, 0.1) is 7.11 Å². The average Bonchev–Trinajstić information content (AvgIpc) is 3.23. The molecule has 2 bridgehead atoms. The highest BCUT2D eigenvalue weighted by molar-refractivity contribution is 6.67. The highest BCUT2D eigenvalue weighted by Gasteiger charge is 2.51. The maximum absolute atomic E-state index is 13.6. The summed E-state index contributed by atoms with van der Waals surface area (Å²) in [6.07, 6.45) is 2.62. The number of fused-ring (bicyclic) bond motifs is 2. The molecule has 1 amide bonds. The summed E-state index contributed by atoms with van der Waals surface area (Å²) in [6, 6.07) is 15.6. The standard InChI is InChI=1S/C29H33Cl3N2O4/c1-4-34(5-2)26(35)24-9-7-6-8-23(24)25(19-10-12-22(37-3)13-11-19)20-16-21-14-15-28(17-20,33-21)27(36)38-18-29(30,31)32/h6-13,21,33H,4-5,14-18H2,1-3H3. The molecule has 2 atom stereocenters. The molecule has 1 N–H and O–H groups in total. The van der Waals surface area contributed by atoms with Gasteiger partial charge in [-0.05, 0) is 74.4 Å². The van der Waals surface area contributed by atoms with Crippen LogP contribution in [0.3, 0.4) is 0 Å². The molecule has 4 rings (SSSR count). The monoisotopic (exact) mass is 578 g/mol. The molecule has 204 valence electrons. The number of nitrogens with zero attached hydrogens (tertiary/aromatic N) is 1. The van der Waals surface area contributed by atoms with E-state index in [0.29, 0.717) is 31.5 Å². The fourth-order valence-corrected chi connectivity index (χ4v) is 5.73. The van der Waals surface area contributed by atoms with E-state index >= 15 is 0 Å². The van der Waals surface area contributed by atoms with Gasteiger partial charge in [0.1, 0.15) is 17.9 Å². The van der Waals surface area contributed by atoms with Crippen molar-refractivity contribution < 1.29 is 19.1 Å². The van der Waals surface area contributed by atoms with Crippen molar-refractivity contribution >= 4 is 52.3 Å². The number of nitrogens with one attached hydrogen (secondary N) is 1. The van der Waals surface area contributed by atoms with Crippen LogP contribution in [-0.2, 0) is 9.53 Å². The van der Waals surface area contributed by atoms with Crippen LogP contribution < -0.4 is 10.1 Å². The van der Waals surface area contributed by atoms with Crippen molar-refractivity contribution in [1.29, 1.82) is 0 Å². The number of ether oxygens (including phenoxy) is 2. The first-order chi connectivity index (χ1) is 18.1. The number of amides is 1. The van der Waals surface area contributed by atoms with Gasteiger partial charge in [0.2, 0.25) is 3.79 Å². The van der Waals surface area contributed by atoms with Gasteiger partial charge in [-0.2, -0.15) is 0 Å². The zero-order valence-electron chi connectivity index (χ0n) is 21.9. The lowest BCUT2D eigenvalue weighted by molar-refractivity contribution is -0.151. The van der Waals surface area contributed by atoms with Gasteiger partial charge in [-0.1, -0.05) is 70.7 Å². The molecule has 2 unspecified atom stereocenters. The Balaban J connectivity index is 1.84. The van der Waals surface area contributed by atoms with E-state index in [9.17, 15) is 9.59 Å². The van der Waals surface area contributed by atoms with E-state index in [2.05, 4.69) is 5.32 Å². The fourth-order valence-electron chi connectivity index (χ4n) is 5.57. The maximum Gasteiger partial charge on any atom is 0.326 e. The molecule has 0 spiro atoms. The SMILES string of the molecule is CCN(CC)C(=O)c1ccccc1C(=C1CC2CCC(C(=O)OCC(Cl)(Cl)Cl)(C1)N2)c1ccc(OC)cc1. The lowest BCUT2D eigenvalue weighted by atomic mass is 9.80. The van der Waals surface area contributed by atoms with E-state index in [1.807, 2.05) is 67.3 Å². The minimum atomic E-state index is -1.68. The van der Waals surface area contributed by atoms with E-state index in [1.54, 1.807) is 7.11 Å². The van der Waals surface area contributed by atoms with Gasteiger partial charge in [0.15, 0.2) is 0 Å². The average molecular weight is 580 g/mol. The summed E-state index contributed by atoms with van der Waals surface area (Å²) in [5.41, 5.74) is 3.55. The van der Waals surface area contributed by atoms with E-state index in [4.69, 9.17) is 44.3 Å². The molecule has 2 aliphatic rings. The van der Waals surface area contributed by atoms with Crippen LogP contribution in [0.2, 0.25) is 0 Å². The van der Waals surface area contributed by atoms with Crippen LogP contribution in [0.25, 0.3) is 5.57 Å². The zero-order chi connectivity index (χ0) is 27.5. The van der Waals surface area contributed by atoms with Crippen LogP contribution in [-0.4, -0.2) is 59.0 Å². The number of carbonyl (C=O) groups is 2. The second kappa shape index (κ2) is 11.9. The first-order valence-corrected chi connectivity index (χ1v) is 14.0. The molecule has 0 aromatic heterocycles. The first-order valence-electron chi connectivity index (χ1n) is 12.9. The number of halogens is 3. The summed E-state index contributed by atoms with van der Waals surface area (Å²) >= 11 is 17.6. The third-order valence-electron chi connectivity index (χ3n) is 7.38. The van der Waals surface area contributed by atoms with E-state index in [1.165, 1.54) is 0 Å². The summed E-state index contributed by atoms with van der Waals surface area (Å²) in [4.78, 5) is 28.7. The smallest absolute Gasteiger partial charge is 0.326 e. The van der Waals surface area contributed by atoms with Crippen LogP contribution >= 0.6 is 34.8 Å². The molecule has 2 fully saturated rings. The molecular formula is C29H33Cl3N2O4. The Morgan fingerprint density at radius 3 is 2.32 bits per heavy atom. The predicted molar refractivity (Wildman–Crippen MR) is 152 cm³/mol. The molecular weight excluding hydrogens is 547 g/mol. The number of methoxy groups -OCH3 is 1. The summed E-state index contributed by atoms with van der Waals surface area (Å²) in [7, 11) is 1.63. The molecule has 2 aromatic carbocycles. The van der Waals surface area contributed by atoms with E-state index in [-0.39, 0.29) is 18.6 Å². The molecule has 9 heteroatoms. The number of carbonyl (C=O) groups excluding carboxylic acids is 2. The molecule has 38 heavy (non-hydrogen) atoms. The van der Waals surface area contributed by atoms with Crippen LogP contribution in [0.5, 0.6) is 5.75 Å². The minimum Gasteiger partial charge on any atom is -0.497 e. The van der Waals surface area contributed by atoms with Crippen molar-refractivity contribution in [3.63, 3.8) is 0 Å². The Bertz CT molecular complexity index is 1210. The molecule has 0 saturated carbocycles. The van der Waals surface area contributed by atoms with Crippen molar-refractivity contribution in [2.24, 2.45) is 0 Å². The van der Waals surface area contributed by atoms with Crippen molar-refractivity contribution in [3.05, 3.63) is 70.8 Å². The van der Waals surface area contributed by atoms with Gasteiger partial charge in [-0.15, -0.1) is 0 Å². The Labute approximate surface area is 239 Å². The Morgan fingerprint density at radius 2 is 1.71 bits per heavy atom. The Morgan fingerprint density at radius 1 is 1.05 bits per heavy atom. The first kappa shape index (κ1) is 28.8. The number of hydrogen-bond donors (Lipinski definition) is 1. The van der Waals surface area contributed by atoms with Crippen LogP contribution in [0.15, 0.2) is 54.1 Å². The van der Waals surface area contributed by atoms with Gasteiger partial charge in [-0.25, -0.2) is 0 Å². The quantitative estimate of drug-likeness (QED) is 0.299. The van der Waals surface area contributed by atoms with Crippen molar-refractivity contribution in [2.45, 2.75) is 54.9 Å². The van der Waals surface area contributed by atoms with Crippen molar-refractivity contribution in [1.82, 2.24) is 10.2 Å². The van der Waals surface area contributed by atoms with Crippen molar-refractivity contribution in [2.75, 3.05) is 26.8 Å². The second-order valence-corrected chi connectivity index (χ2v) is 12.3. The molecule has 2 heterocycles. The second-order valence-electron chi connectivity index (χ2n) is 9.76. The number of hydrogen-bond acceptors (Lipinski definition) is 5. The number of benzene rings is 2. The molecule has 6 nitrogen and oxygen atoms in total. The molecule has 2 aromatic rings. The predicted octanol–water partition coefficient (Wildman–Crippen LogP) is 6.18. The third kappa shape index (κ3) is 6.15. The number of esters is 1. The van der Waals surface area contributed by atoms with E-state index < -0.39 is 15.3 Å². The maximum atomic E-state index is 13.6. The third-order valence-corrected chi connectivity index (χ3v) is 7.70. The topological polar surface area (TPSA) is 67.9 Å². The zero-order valence-corrected chi connectivity index (χ0v) is 24.1. The Hall–Kier alpha value is -2.25. The Kier molecular flexibility index (Phi) is 8.98. The minimum absolute atomic E-state index is 0.0223. The summed E-state index contributed by atoms with van der Waals surface area (Å²) in [5, 5.41) is 3.49. The van der Waals surface area contributed by atoms with Crippen LogP contribution in [0.1, 0.15) is 61.0 Å². The van der Waals surface area contributed by atoms with Crippen molar-refractivity contribution in [3.8, 4) is 5.75 Å². The number of rotatable bonds is 8. The molecule has 0 radical (unpaired) electrons. The van der Waals surface area contributed by atoms with Crippen LogP contribution in [0.4, 0.5) is 0 Å². The van der Waals surface area contributed by atoms with E-state index in [0.717, 1.165) is 40.9 Å². The van der Waals surface area contributed by atoms with Crippen LogP contribution in [0, 0.1) is 0 Å². The lowest BCUT2D eigenvalue weighted by Crippen LogP contribution is -2.54. The van der Waals surface area contributed by atoms with Gasteiger partial charge in [0, 0.05) is 24.7 Å². The largest absolute Gasteiger partial charge is 0.497 e. The molecule has 0 aliphatic carbocycles. The lowest BCUT2D eigenvalue weighted by Gasteiger charge is -2.36. The fraction of sp³-hybridized carbons (Fsp3) is 0.448. The highest BCUT2D eigenvalue weighted by atomic mass is 35.6. The number of piperidine rings is 1. The summed E-state index contributed by atoms with van der Waals surface area (Å²) in [6.45, 7) is 4.86. The van der Waals surface area contributed by atoms with Gasteiger partial charge in [0.25, 0.3) is 5.91 Å². The highest BCUT2D eigenvalue weighted by Crippen LogP contribution is 2.45. The van der Waals surface area contributed by atoms with Gasteiger partial charge < -0.3 is 14.4 Å². The molecule has 2 saturated heterocycles.